The molecule has 0 atom stereocenters. The Hall–Kier alpha value is -0.870. The van der Waals surface area contributed by atoms with Crippen molar-refractivity contribution in [2.24, 2.45) is 5.92 Å². The summed E-state index contributed by atoms with van der Waals surface area (Å²) in [5.41, 5.74) is 0. The van der Waals surface area contributed by atoms with Gasteiger partial charge < -0.3 is 10.0 Å². The van der Waals surface area contributed by atoms with Crippen LogP contribution in [0.25, 0.3) is 0 Å². The number of amides is 1. The predicted octanol–water partition coefficient (Wildman–Crippen LogP) is 1.12. The Morgan fingerprint density at radius 3 is 2.86 bits per heavy atom. The van der Waals surface area contributed by atoms with Crippen molar-refractivity contribution in [3.05, 3.63) is 21.9 Å². The van der Waals surface area contributed by atoms with Gasteiger partial charge in [0.05, 0.1) is 4.88 Å². The molecule has 3 nitrogen and oxygen atoms in total. The summed E-state index contributed by atoms with van der Waals surface area (Å²) < 4.78 is 0. The second-order valence-corrected chi connectivity index (χ2v) is 4.96. The van der Waals surface area contributed by atoms with E-state index in [0.717, 1.165) is 9.75 Å². The summed E-state index contributed by atoms with van der Waals surface area (Å²) in [6.07, 6.45) is 0. The molecule has 1 aromatic heterocycles. The van der Waals surface area contributed by atoms with Gasteiger partial charge in [-0.2, -0.15) is 0 Å². The summed E-state index contributed by atoms with van der Waals surface area (Å²) in [6, 6.07) is 3.83. The van der Waals surface area contributed by atoms with Crippen LogP contribution in [0.3, 0.4) is 0 Å². The molecule has 1 aliphatic heterocycles. The van der Waals surface area contributed by atoms with Gasteiger partial charge in [-0.05, 0) is 19.1 Å². The highest BCUT2D eigenvalue weighted by atomic mass is 32.1. The zero-order valence-electron chi connectivity index (χ0n) is 8.06. The first-order chi connectivity index (χ1) is 6.70. The third kappa shape index (κ3) is 1.67. The van der Waals surface area contributed by atoms with E-state index in [2.05, 4.69) is 0 Å². The first kappa shape index (κ1) is 9.68. The Morgan fingerprint density at radius 2 is 2.36 bits per heavy atom. The minimum Gasteiger partial charge on any atom is -0.396 e. The molecule has 1 aromatic rings. The van der Waals surface area contributed by atoms with Crippen molar-refractivity contribution in [2.45, 2.75) is 6.92 Å². The van der Waals surface area contributed by atoms with Crippen molar-refractivity contribution in [2.75, 3.05) is 19.7 Å². The van der Waals surface area contributed by atoms with Gasteiger partial charge in [0.25, 0.3) is 5.91 Å². The van der Waals surface area contributed by atoms with Crippen molar-refractivity contribution in [1.82, 2.24) is 4.90 Å². The number of hydrogen-bond donors (Lipinski definition) is 1. The lowest BCUT2D eigenvalue weighted by Crippen LogP contribution is -2.51. The molecule has 0 unspecified atom stereocenters. The van der Waals surface area contributed by atoms with Crippen molar-refractivity contribution in [1.29, 1.82) is 0 Å². The van der Waals surface area contributed by atoms with Gasteiger partial charge >= 0.3 is 0 Å². The molecule has 14 heavy (non-hydrogen) atoms. The lowest BCUT2D eigenvalue weighted by Gasteiger charge is -2.37. The number of aliphatic hydroxyl groups is 1. The average molecular weight is 211 g/mol. The molecule has 2 rings (SSSR count). The first-order valence-electron chi connectivity index (χ1n) is 4.67. The molecule has 0 saturated carbocycles. The third-order valence-electron chi connectivity index (χ3n) is 2.45. The van der Waals surface area contributed by atoms with E-state index in [0.29, 0.717) is 19.0 Å². The predicted molar refractivity (Wildman–Crippen MR) is 55.5 cm³/mol. The largest absolute Gasteiger partial charge is 0.396 e. The second kappa shape index (κ2) is 3.71. The van der Waals surface area contributed by atoms with Gasteiger partial charge in [-0.3, -0.25) is 4.79 Å². The number of carbonyl (C=O) groups excluding carboxylic acids is 1. The maximum Gasteiger partial charge on any atom is 0.263 e. The maximum atomic E-state index is 11.8. The number of thiophene rings is 1. The normalized spacial score (nSPS) is 16.9. The van der Waals surface area contributed by atoms with Crippen LogP contribution < -0.4 is 0 Å². The second-order valence-electron chi connectivity index (χ2n) is 3.67. The molecule has 1 fully saturated rings. The zero-order chi connectivity index (χ0) is 10.1. The molecular weight excluding hydrogens is 198 g/mol. The van der Waals surface area contributed by atoms with Gasteiger partial charge in [0.15, 0.2) is 0 Å². The topological polar surface area (TPSA) is 40.5 Å². The third-order valence-corrected chi connectivity index (χ3v) is 3.44. The molecule has 0 bridgehead atoms. The molecule has 0 spiro atoms. The van der Waals surface area contributed by atoms with Crippen LogP contribution in [0.1, 0.15) is 14.5 Å². The number of likely N-dealkylation sites (tertiary alicyclic amines) is 1. The van der Waals surface area contributed by atoms with Crippen LogP contribution in [-0.4, -0.2) is 35.6 Å². The van der Waals surface area contributed by atoms with E-state index in [1.54, 1.807) is 4.90 Å². The van der Waals surface area contributed by atoms with Crippen molar-refractivity contribution >= 4 is 17.2 Å². The summed E-state index contributed by atoms with van der Waals surface area (Å²) in [5.74, 6) is 0.396. The Kier molecular flexibility index (Phi) is 2.56. The maximum absolute atomic E-state index is 11.8. The number of hydrogen-bond acceptors (Lipinski definition) is 3. The van der Waals surface area contributed by atoms with Gasteiger partial charge in [-0.25, -0.2) is 0 Å². The fourth-order valence-corrected chi connectivity index (χ4v) is 2.39. The van der Waals surface area contributed by atoms with E-state index in [1.165, 1.54) is 11.3 Å². The molecule has 1 N–H and O–H groups in total. The minimum atomic E-state index is 0.104. The lowest BCUT2D eigenvalue weighted by atomic mass is 10.0. The molecule has 76 valence electrons. The molecule has 1 aliphatic rings. The smallest absolute Gasteiger partial charge is 0.263 e. The van der Waals surface area contributed by atoms with Crippen molar-refractivity contribution < 1.29 is 9.90 Å². The van der Waals surface area contributed by atoms with Crippen LogP contribution >= 0.6 is 11.3 Å². The Balaban J connectivity index is 1.97. The molecule has 2 heterocycles. The van der Waals surface area contributed by atoms with Gasteiger partial charge in [-0.15, -0.1) is 11.3 Å². The monoisotopic (exact) mass is 211 g/mol. The SMILES string of the molecule is Cc1ccc(C(=O)N2CC(CO)C2)s1. The summed E-state index contributed by atoms with van der Waals surface area (Å²) in [7, 11) is 0. The van der Waals surface area contributed by atoms with Crippen LogP contribution in [0, 0.1) is 12.8 Å². The summed E-state index contributed by atoms with van der Waals surface area (Å²) >= 11 is 1.53. The van der Waals surface area contributed by atoms with Crippen LogP contribution in [0.5, 0.6) is 0 Å². The number of carbonyl (C=O) groups is 1. The Bertz CT molecular complexity index is 342. The summed E-state index contributed by atoms with van der Waals surface area (Å²) in [6.45, 7) is 3.58. The van der Waals surface area contributed by atoms with Crippen LogP contribution in [0.4, 0.5) is 0 Å². The number of nitrogens with zero attached hydrogens (tertiary/aromatic N) is 1. The Labute approximate surface area is 87.0 Å². The summed E-state index contributed by atoms with van der Waals surface area (Å²) in [4.78, 5) is 15.5. The van der Waals surface area contributed by atoms with Crippen LogP contribution in [0.2, 0.25) is 0 Å². The van der Waals surface area contributed by atoms with Gasteiger partial charge in [0.2, 0.25) is 0 Å². The number of aliphatic hydroxyl groups excluding tert-OH is 1. The average Bonchev–Trinajstić information content (AvgIpc) is 2.49. The molecule has 1 saturated heterocycles. The Morgan fingerprint density at radius 1 is 1.64 bits per heavy atom. The van der Waals surface area contributed by atoms with E-state index >= 15 is 0 Å². The van der Waals surface area contributed by atoms with Crippen molar-refractivity contribution in [3.8, 4) is 0 Å². The molecule has 1 amide bonds. The summed E-state index contributed by atoms with van der Waals surface area (Å²) in [5, 5.41) is 8.82. The standard InChI is InChI=1S/C10H13NO2S/c1-7-2-3-9(14-7)10(13)11-4-8(5-11)6-12/h2-3,8,12H,4-6H2,1H3. The molecule has 0 aliphatic carbocycles. The molecule has 0 aromatic carbocycles. The van der Waals surface area contributed by atoms with E-state index in [1.807, 2.05) is 19.1 Å². The van der Waals surface area contributed by atoms with E-state index in [4.69, 9.17) is 5.11 Å². The highest BCUT2D eigenvalue weighted by Crippen LogP contribution is 2.22. The number of rotatable bonds is 2. The molecular formula is C10H13NO2S. The van der Waals surface area contributed by atoms with Gasteiger partial charge in [0.1, 0.15) is 0 Å². The highest BCUT2D eigenvalue weighted by Gasteiger charge is 2.30. The van der Waals surface area contributed by atoms with Gasteiger partial charge in [-0.1, -0.05) is 0 Å². The minimum absolute atomic E-state index is 0.104. The van der Waals surface area contributed by atoms with Crippen molar-refractivity contribution in [3.63, 3.8) is 0 Å². The van der Waals surface area contributed by atoms with Gasteiger partial charge in [0, 0.05) is 30.5 Å². The lowest BCUT2D eigenvalue weighted by molar-refractivity contribution is 0.0366. The first-order valence-corrected chi connectivity index (χ1v) is 5.49. The zero-order valence-corrected chi connectivity index (χ0v) is 8.88. The van der Waals surface area contributed by atoms with Crippen LogP contribution in [-0.2, 0) is 0 Å². The molecule has 0 radical (unpaired) electrons. The molecule has 4 heteroatoms. The van der Waals surface area contributed by atoms with E-state index < -0.39 is 0 Å². The number of aryl methyl sites for hydroxylation is 1. The fourth-order valence-electron chi connectivity index (χ4n) is 1.56. The van der Waals surface area contributed by atoms with E-state index in [-0.39, 0.29) is 12.5 Å². The fraction of sp³-hybridized carbons (Fsp3) is 0.500. The van der Waals surface area contributed by atoms with Crippen LogP contribution in [0.15, 0.2) is 12.1 Å². The van der Waals surface area contributed by atoms with E-state index in [9.17, 15) is 4.79 Å². The highest BCUT2D eigenvalue weighted by molar-refractivity contribution is 7.13. The quantitative estimate of drug-likeness (QED) is 0.796.